The average Bonchev–Trinajstić information content (AvgIpc) is 2.36. The van der Waals surface area contributed by atoms with Crippen molar-refractivity contribution in [3.63, 3.8) is 0 Å². The van der Waals surface area contributed by atoms with E-state index in [4.69, 9.17) is 5.73 Å². The Morgan fingerprint density at radius 1 is 1.45 bits per heavy atom. The van der Waals surface area contributed by atoms with Gasteiger partial charge in [-0.3, -0.25) is 14.9 Å². The first-order valence-corrected chi connectivity index (χ1v) is 6.47. The number of carbonyl (C=O) groups is 2. The first-order chi connectivity index (χ1) is 9.31. The van der Waals surface area contributed by atoms with Gasteiger partial charge in [-0.05, 0) is 44.0 Å². The molecule has 0 radical (unpaired) electrons. The number of anilines is 1. The predicted molar refractivity (Wildman–Crippen MR) is 73.7 cm³/mol. The number of carbonyl (C=O) groups excluding carboxylic acids is 2. The van der Waals surface area contributed by atoms with Gasteiger partial charge in [0.2, 0.25) is 11.8 Å². The number of hydrogen-bond acceptors (Lipinski definition) is 4. The largest absolute Gasteiger partial charge is 0.350 e. The lowest BCUT2D eigenvalue weighted by Crippen LogP contribution is -2.57. The normalized spacial score (nSPS) is 20.9. The average molecular weight is 279 g/mol. The lowest BCUT2D eigenvalue weighted by atomic mass is 10.0. The minimum Gasteiger partial charge on any atom is -0.350 e. The third-order valence-corrected chi connectivity index (χ3v) is 3.53. The number of amides is 2. The molecular formula is C14H18FN3O2. The van der Waals surface area contributed by atoms with E-state index >= 15 is 0 Å². The fourth-order valence-electron chi connectivity index (χ4n) is 2.30. The third-order valence-electron chi connectivity index (χ3n) is 3.53. The van der Waals surface area contributed by atoms with Gasteiger partial charge >= 0.3 is 0 Å². The van der Waals surface area contributed by atoms with Crippen LogP contribution in [0.2, 0.25) is 0 Å². The van der Waals surface area contributed by atoms with Crippen LogP contribution in [0.15, 0.2) is 12.1 Å². The lowest BCUT2D eigenvalue weighted by molar-refractivity contribution is -0.132. The molecule has 5 nitrogen and oxygen atoms in total. The van der Waals surface area contributed by atoms with Crippen LogP contribution in [0, 0.1) is 12.7 Å². The molecule has 2 rings (SSSR count). The molecule has 2 atom stereocenters. The molecule has 0 aliphatic carbocycles. The Morgan fingerprint density at radius 3 is 2.70 bits per heavy atom. The van der Waals surface area contributed by atoms with Crippen molar-refractivity contribution in [1.82, 2.24) is 5.32 Å². The van der Waals surface area contributed by atoms with Crippen LogP contribution in [0.1, 0.15) is 31.0 Å². The van der Waals surface area contributed by atoms with E-state index in [1.165, 1.54) is 6.07 Å². The summed E-state index contributed by atoms with van der Waals surface area (Å²) in [6.45, 7) is 5.13. The zero-order valence-electron chi connectivity index (χ0n) is 11.7. The zero-order chi connectivity index (χ0) is 15.0. The molecule has 1 saturated heterocycles. The topological polar surface area (TPSA) is 75.4 Å². The van der Waals surface area contributed by atoms with E-state index in [9.17, 15) is 14.0 Å². The SMILES string of the molecule is Cc1cc(N2CC(=O)NC(=O)C2C)c([C@H](C)N)cc1F. The maximum atomic E-state index is 13.7. The molecule has 1 aromatic carbocycles. The number of nitrogens with one attached hydrogen (secondary N) is 1. The maximum absolute atomic E-state index is 13.7. The van der Waals surface area contributed by atoms with Crippen molar-refractivity contribution in [2.24, 2.45) is 5.73 Å². The van der Waals surface area contributed by atoms with Crippen molar-refractivity contribution in [2.45, 2.75) is 32.9 Å². The number of hydrogen-bond donors (Lipinski definition) is 2. The van der Waals surface area contributed by atoms with E-state index in [0.717, 1.165) is 0 Å². The Morgan fingerprint density at radius 2 is 2.10 bits per heavy atom. The summed E-state index contributed by atoms with van der Waals surface area (Å²) in [5.41, 5.74) is 7.55. The van der Waals surface area contributed by atoms with E-state index in [2.05, 4.69) is 5.32 Å². The monoisotopic (exact) mass is 279 g/mol. The number of nitrogens with zero attached hydrogens (tertiary/aromatic N) is 1. The number of rotatable bonds is 2. The van der Waals surface area contributed by atoms with Gasteiger partial charge in [-0.15, -0.1) is 0 Å². The van der Waals surface area contributed by atoms with Gasteiger partial charge in [0, 0.05) is 11.7 Å². The summed E-state index contributed by atoms with van der Waals surface area (Å²) in [7, 11) is 0. The third kappa shape index (κ3) is 2.51. The number of piperazine rings is 1. The second-order valence-corrected chi connectivity index (χ2v) is 5.17. The summed E-state index contributed by atoms with van der Waals surface area (Å²) in [4.78, 5) is 25.0. The molecule has 1 aliphatic rings. The molecule has 1 aromatic rings. The Kier molecular flexibility index (Phi) is 3.76. The molecule has 20 heavy (non-hydrogen) atoms. The Hall–Kier alpha value is -1.95. The number of aryl methyl sites for hydroxylation is 1. The second kappa shape index (κ2) is 5.20. The van der Waals surface area contributed by atoms with Crippen LogP contribution in [0.3, 0.4) is 0 Å². The lowest BCUT2D eigenvalue weighted by Gasteiger charge is -2.35. The number of nitrogens with two attached hydrogens (primary N) is 1. The van der Waals surface area contributed by atoms with E-state index in [-0.39, 0.29) is 24.2 Å². The predicted octanol–water partition coefficient (Wildman–Crippen LogP) is 1.01. The Bertz CT molecular complexity index is 572. The number of imide groups is 1. The summed E-state index contributed by atoms with van der Waals surface area (Å²) < 4.78 is 13.7. The maximum Gasteiger partial charge on any atom is 0.249 e. The van der Waals surface area contributed by atoms with Gasteiger partial charge in [-0.2, -0.15) is 0 Å². The smallest absolute Gasteiger partial charge is 0.249 e. The first kappa shape index (κ1) is 14.5. The van der Waals surface area contributed by atoms with Crippen LogP contribution in [0.5, 0.6) is 0 Å². The summed E-state index contributed by atoms with van der Waals surface area (Å²) in [6, 6.07) is 2.11. The van der Waals surface area contributed by atoms with Crippen LogP contribution in [-0.4, -0.2) is 24.4 Å². The van der Waals surface area contributed by atoms with E-state index in [1.807, 2.05) is 0 Å². The second-order valence-electron chi connectivity index (χ2n) is 5.17. The van der Waals surface area contributed by atoms with Crippen LogP contribution in [0.25, 0.3) is 0 Å². The fourth-order valence-corrected chi connectivity index (χ4v) is 2.30. The molecule has 1 fully saturated rings. The summed E-state index contributed by atoms with van der Waals surface area (Å²) in [5, 5.41) is 2.28. The summed E-state index contributed by atoms with van der Waals surface area (Å²) in [5.74, 6) is -1.08. The highest BCUT2D eigenvalue weighted by molar-refractivity contribution is 6.04. The van der Waals surface area contributed by atoms with Gasteiger partial charge in [-0.1, -0.05) is 0 Å². The number of halogens is 1. The van der Waals surface area contributed by atoms with Crippen molar-refractivity contribution in [2.75, 3.05) is 11.4 Å². The van der Waals surface area contributed by atoms with E-state index in [0.29, 0.717) is 16.8 Å². The van der Waals surface area contributed by atoms with Crippen molar-refractivity contribution < 1.29 is 14.0 Å². The van der Waals surface area contributed by atoms with Gasteiger partial charge in [0.15, 0.2) is 0 Å². The fraction of sp³-hybridized carbons (Fsp3) is 0.429. The van der Waals surface area contributed by atoms with Crippen LogP contribution in [-0.2, 0) is 9.59 Å². The molecule has 3 N–H and O–H groups in total. The molecule has 1 aliphatic heterocycles. The van der Waals surface area contributed by atoms with Crippen molar-refractivity contribution in [3.8, 4) is 0 Å². The van der Waals surface area contributed by atoms with E-state index in [1.54, 1.807) is 31.7 Å². The summed E-state index contributed by atoms with van der Waals surface area (Å²) in [6.07, 6.45) is 0. The highest BCUT2D eigenvalue weighted by Gasteiger charge is 2.32. The molecule has 0 bridgehead atoms. The molecular weight excluding hydrogens is 261 g/mol. The standard InChI is InChI=1S/C14H18FN3O2/c1-7-4-12(10(8(2)16)5-11(7)15)18-6-13(19)17-14(20)9(18)3/h4-5,8-9H,6,16H2,1-3H3,(H,17,19,20)/t8-,9?/m0/s1. The first-order valence-electron chi connectivity index (χ1n) is 6.47. The summed E-state index contributed by atoms with van der Waals surface area (Å²) >= 11 is 0. The van der Waals surface area contributed by atoms with Crippen molar-refractivity contribution >= 4 is 17.5 Å². The molecule has 0 spiro atoms. The molecule has 108 valence electrons. The van der Waals surface area contributed by atoms with E-state index < -0.39 is 12.1 Å². The highest BCUT2D eigenvalue weighted by Crippen LogP contribution is 2.30. The molecule has 2 amide bonds. The van der Waals surface area contributed by atoms with Gasteiger partial charge in [0.1, 0.15) is 11.9 Å². The quantitative estimate of drug-likeness (QED) is 0.792. The van der Waals surface area contributed by atoms with Crippen molar-refractivity contribution in [1.29, 1.82) is 0 Å². The molecule has 1 unspecified atom stereocenters. The van der Waals surface area contributed by atoms with Crippen molar-refractivity contribution in [3.05, 3.63) is 29.1 Å². The minimum atomic E-state index is -0.505. The van der Waals surface area contributed by atoms with Gasteiger partial charge < -0.3 is 10.6 Å². The highest BCUT2D eigenvalue weighted by atomic mass is 19.1. The molecule has 0 saturated carbocycles. The Balaban J connectivity index is 2.52. The molecule has 1 heterocycles. The molecule has 0 aromatic heterocycles. The van der Waals surface area contributed by atoms with Crippen LogP contribution >= 0.6 is 0 Å². The molecule has 6 heteroatoms. The Labute approximate surface area is 116 Å². The number of benzene rings is 1. The van der Waals surface area contributed by atoms with Crippen LogP contribution < -0.4 is 16.0 Å². The van der Waals surface area contributed by atoms with Gasteiger partial charge in [0.25, 0.3) is 0 Å². The minimum absolute atomic E-state index is 0.0533. The van der Waals surface area contributed by atoms with Gasteiger partial charge in [-0.25, -0.2) is 4.39 Å². The zero-order valence-corrected chi connectivity index (χ0v) is 11.7. The van der Waals surface area contributed by atoms with Gasteiger partial charge in [0.05, 0.1) is 6.54 Å². The van der Waals surface area contributed by atoms with Crippen LogP contribution in [0.4, 0.5) is 10.1 Å².